The molecule has 0 spiro atoms. The van der Waals surface area contributed by atoms with Crippen LogP contribution in [0.3, 0.4) is 0 Å². The van der Waals surface area contributed by atoms with Gasteiger partial charge in [-0.3, -0.25) is 4.79 Å². The third-order valence-electron chi connectivity index (χ3n) is 3.76. The van der Waals surface area contributed by atoms with Gasteiger partial charge in [-0.2, -0.15) is 0 Å². The number of hydrogen-bond donors (Lipinski definition) is 1. The van der Waals surface area contributed by atoms with E-state index in [4.69, 9.17) is 9.52 Å². The third kappa shape index (κ3) is 3.51. The van der Waals surface area contributed by atoms with Crippen molar-refractivity contribution in [2.45, 2.75) is 39.2 Å². The van der Waals surface area contributed by atoms with Crippen molar-refractivity contribution in [3.8, 4) is 0 Å². The fourth-order valence-electron chi connectivity index (χ4n) is 2.36. The Morgan fingerprint density at radius 2 is 2.25 bits per heavy atom. The SMILES string of the molecule is CC1CC1c1ccc(/C=C/C(=O)N(CCO)C(C)C)o1. The highest BCUT2D eigenvalue weighted by Crippen LogP contribution is 2.47. The van der Waals surface area contributed by atoms with Crippen molar-refractivity contribution in [1.29, 1.82) is 0 Å². The molecule has 1 aliphatic rings. The van der Waals surface area contributed by atoms with Gasteiger partial charge in [-0.15, -0.1) is 0 Å². The predicted octanol–water partition coefficient (Wildman–Crippen LogP) is 2.65. The maximum atomic E-state index is 12.0. The summed E-state index contributed by atoms with van der Waals surface area (Å²) in [5.74, 6) is 2.88. The van der Waals surface area contributed by atoms with Crippen molar-refractivity contribution in [3.05, 3.63) is 29.7 Å². The molecule has 2 rings (SSSR count). The molecule has 0 bridgehead atoms. The Bertz CT molecular complexity index is 490. The largest absolute Gasteiger partial charge is 0.461 e. The lowest BCUT2D eigenvalue weighted by atomic mass is 10.2. The molecule has 0 saturated heterocycles. The van der Waals surface area contributed by atoms with Crippen LogP contribution in [0, 0.1) is 5.92 Å². The van der Waals surface area contributed by atoms with Crippen molar-refractivity contribution >= 4 is 12.0 Å². The number of aliphatic hydroxyl groups is 1. The van der Waals surface area contributed by atoms with E-state index < -0.39 is 0 Å². The van der Waals surface area contributed by atoms with Crippen LogP contribution >= 0.6 is 0 Å². The van der Waals surface area contributed by atoms with Crippen LogP contribution in [0.25, 0.3) is 6.08 Å². The highest BCUT2D eigenvalue weighted by Gasteiger charge is 2.36. The maximum absolute atomic E-state index is 12.0. The molecule has 1 heterocycles. The number of furan rings is 1. The van der Waals surface area contributed by atoms with Crippen LogP contribution in [0.2, 0.25) is 0 Å². The number of amides is 1. The van der Waals surface area contributed by atoms with E-state index in [1.54, 1.807) is 11.0 Å². The molecule has 1 N–H and O–H groups in total. The summed E-state index contributed by atoms with van der Waals surface area (Å²) < 4.78 is 5.72. The van der Waals surface area contributed by atoms with Gasteiger partial charge in [-0.1, -0.05) is 6.92 Å². The van der Waals surface area contributed by atoms with Gasteiger partial charge in [-0.05, 0) is 44.4 Å². The summed E-state index contributed by atoms with van der Waals surface area (Å²) in [6.45, 7) is 6.40. The molecule has 0 aliphatic heterocycles. The number of rotatable bonds is 6. The average Bonchev–Trinajstić information content (AvgIpc) is 2.95. The zero-order valence-corrected chi connectivity index (χ0v) is 12.4. The Kier molecular flexibility index (Phi) is 4.65. The molecule has 1 aromatic heterocycles. The number of carbonyl (C=O) groups excluding carboxylic acids is 1. The van der Waals surface area contributed by atoms with Gasteiger partial charge in [0.1, 0.15) is 11.5 Å². The number of nitrogens with zero attached hydrogens (tertiary/aromatic N) is 1. The van der Waals surface area contributed by atoms with Crippen molar-refractivity contribution in [2.24, 2.45) is 5.92 Å². The molecule has 2 unspecified atom stereocenters. The predicted molar refractivity (Wildman–Crippen MR) is 78.2 cm³/mol. The molecule has 1 amide bonds. The van der Waals surface area contributed by atoms with E-state index in [1.165, 1.54) is 12.5 Å². The minimum atomic E-state index is -0.105. The molecule has 1 aromatic rings. The number of aliphatic hydroxyl groups excluding tert-OH is 1. The zero-order valence-electron chi connectivity index (χ0n) is 12.4. The van der Waals surface area contributed by atoms with E-state index in [-0.39, 0.29) is 18.6 Å². The van der Waals surface area contributed by atoms with E-state index in [0.717, 1.165) is 5.76 Å². The normalized spacial score (nSPS) is 21.6. The van der Waals surface area contributed by atoms with E-state index in [2.05, 4.69) is 6.92 Å². The summed E-state index contributed by atoms with van der Waals surface area (Å²) in [5, 5.41) is 8.98. The van der Waals surface area contributed by atoms with Crippen LogP contribution in [0.4, 0.5) is 0 Å². The van der Waals surface area contributed by atoms with Gasteiger partial charge in [0.15, 0.2) is 0 Å². The van der Waals surface area contributed by atoms with Crippen LogP contribution < -0.4 is 0 Å². The Labute approximate surface area is 120 Å². The molecule has 1 aliphatic carbocycles. The smallest absolute Gasteiger partial charge is 0.246 e. The number of carbonyl (C=O) groups is 1. The highest BCUT2D eigenvalue weighted by atomic mass is 16.3. The van der Waals surface area contributed by atoms with Crippen LogP contribution in [-0.4, -0.2) is 35.1 Å². The minimum absolute atomic E-state index is 0.0256. The van der Waals surface area contributed by atoms with Gasteiger partial charge >= 0.3 is 0 Å². The van der Waals surface area contributed by atoms with Crippen molar-refractivity contribution in [2.75, 3.05) is 13.2 Å². The molecule has 2 atom stereocenters. The first-order valence-electron chi connectivity index (χ1n) is 7.22. The summed E-state index contributed by atoms with van der Waals surface area (Å²) >= 11 is 0. The molecule has 0 aromatic carbocycles. The Morgan fingerprint density at radius 1 is 1.55 bits per heavy atom. The molecule has 1 saturated carbocycles. The van der Waals surface area contributed by atoms with Crippen molar-refractivity contribution < 1.29 is 14.3 Å². The van der Waals surface area contributed by atoms with Gasteiger partial charge in [0.05, 0.1) is 6.61 Å². The summed E-state index contributed by atoms with van der Waals surface area (Å²) in [7, 11) is 0. The molecule has 1 fully saturated rings. The second-order valence-corrected chi connectivity index (χ2v) is 5.74. The van der Waals surface area contributed by atoms with E-state index in [9.17, 15) is 4.79 Å². The highest BCUT2D eigenvalue weighted by molar-refractivity contribution is 5.91. The van der Waals surface area contributed by atoms with Crippen molar-refractivity contribution in [3.63, 3.8) is 0 Å². The van der Waals surface area contributed by atoms with E-state index >= 15 is 0 Å². The molecular weight excluding hydrogens is 254 g/mol. The van der Waals surface area contributed by atoms with Gasteiger partial charge in [-0.25, -0.2) is 0 Å². The molecule has 4 nitrogen and oxygen atoms in total. The van der Waals surface area contributed by atoms with E-state index in [0.29, 0.717) is 24.1 Å². The Balaban J connectivity index is 1.97. The zero-order chi connectivity index (χ0) is 14.7. The first-order valence-corrected chi connectivity index (χ1v) is 7.22. The second kappa shape index (κ2) is 6.27. The maximum Gasteiger partial charge on any atom is 0.246 e. The minimum Gasteiger partial charge on any atom is -0.461 e. The van der Waals surface area contributed by atoms with Gasteiger partial charge in [0.25, 0.3) is 0 Å². The summed E-state index contributed by atoms with van der Waals surface area (Å²) in [6, 6.07) is 3.96. The topological polar surface area (TPSA) is 53.7 Å². The molecule has 110 valence electrons. The van der Waals surface area contributed by atoms with Crippen LogP contribution in [0.5, 0.6) is 0 Å². The summed E-state index contributed by atoms with van der Waals surface area (Å²) in [6.07, 6.45) is 4.40. The lowest BCUT2D eigenvalue weighted by Gasteiger charge is -2.24. The third-order valence-corrected chi connectivity index (χ3v) is 3.76. The average molecular weight is 277 g/mol. The van der Waals surface area contributed by atoms with Gasteiger partial charge in [0.2, 0.25) is 5.91 Å². The quantitative estimate of drug-likeness (QED) is 0.813. The first kappa shape index (κ1) is 14.9. The lowest BCUT2D eigenvalue weighted by molar-refractivity contribution is -0.128. The molecule has 20 heavy (non-hydrogen) atoms. The van der Waals surface area contributed by atoms with Crippen LogP contribution in [-0.2, 0) is 4.79 Å². The standard InChI is InChI=1S/C16H23NO3/c1-11(2)17(8-9-18)16(19)7-5-13-4-6-15(20-13)14-10-12(14)3/h4-7,11-12,14,18H,8-10H2,1-3H3/b7-5+. The van der Waals surface area contributed by atoms with E-state index in [1.807, 2.05) is 26.0 Å². The summed E-state index contributed by atoms with van der Waals surface area (Å²) in [5.41, 5.74) is 0. The van der Waals surface area contributed by atoms with Crippen LogP contribution in [0.15, 0.2) is 22.6 Å². The Morgan fingerprint density at radius 3 is 2.80 bits per heavy atom. The monoisotopic (exact) mass is 277 g/mol. The van der Waals surface area contributed by atoms with Crippen LogP contribution in [0.1, 0.15) is 44.6 Å². The fraction of sp³-hybridized carbons (Fsp3) is 0.562. The first-order chi connectivity index (χ1) is 9.52. The summed E-state index contributed by atoms with van der Waals surface area (Å²) in [4.78, 5) is 13.7. The number of hydrogen-bond acceptors (Lipinski definition) is 3. The lowest BCUT2D eigenvalue weighted by Crippen LogP contribution is -2.37. The fourth-order valence-corrected chi connectivity index (χ4v) is 2.36. The molecule has 4 heteroatoms. The Hall–Kier alpha value is -1.55. The van der Waals surface area contributed by atoms with Crippen molar-refractivity contribution in [1.82, 2.24) is 4.90 Å². The molecule has 0 radical (unpaired) electrons. The molecular formula is C16H23NO3. The van der Waals surface area contributed by atoms with Gasteiger partial charge in [0, 0.05) is 24.6 Å². The second-order valence-electron chi connectivity index (χ2n) is 5.74. The van der Waals surface area contributed by atoms with Gasteiger partial charge < -0.3 is 14.4 Å².